The second-order valence-corrected chi connectivity index (χ2v) is 7.16. The van der Waals surface area contributed by atoms with Crippen molar-refractivity contribution in [3.05, 3.63) is 48.4 Å². The topological polar surface area (TPSA) is 82.8 Å². The van der Waals surface area contributed by atoms with Crippen LogP contribution in [0.15, 0.2) is 42.9 Å². The first kappa shape index (κ1) is 19.0. The van der Waals surface area contributed by atoms with E-state index in [0.29, 0.717) is 17.2 Å². The Labute approximate surface area is 172 Å². The van der Waals surface area contributed by atoms with E-state index in [1.807, 2.05) is 30.5 Å². The predicted molar refractivity (Wildman–Crippen MR) is 112 cm³/mol. The Morgan fingerprint density at radius 1 is 1.03 bits per heavy atom. The molecule has 9 heteroatoms. The van der Waals surface area contributed by atoms with Crippen molar-refractivity contribution in [2.75, 3.05) is 33.2 Å². The molecule has 8 nitrogen and oxygen atoms in total. The fourth-order valence-corrected chi connectivity index (χ4v) is 3.81. The van der Waals surface area contributed by atoms with Gasteiger partial charge in [-0.3, -0.25) is 4.98 Å². The first-order valence-corrected chi connectivity index (χ1v) is 9.83. The van der Waals surface area contributed by atoms with Gasteiger partial charge < -0.3 is 19.5 Å². The number of hydrogen-bond acceptors (Lipinski definition) is 8. The molecule has 0 aliphatic carbocycles. The summed E-state index contributed by atoms with van der Waals surface area (Å²) in [7, 11) is 4.77. The Balaban J connectivity index is 1.52. The number of imidazole rings is 1. The molecule has 150 valence electrons. The van der Waals surface area contributed by atoms with Gasteiger partial charge in [0.1, 0.15) is 0 Å². The molecule has 0 aliphatic heterocycles. The summed E-state index contributed by atoms with van der Waals surface area (Å²) in [5.74, 6) is 1.73. The van der Waals surface area contributed by atoms with E-state index in [9.17, 15) is 0 Å². The van der Waals surface area contributed by atoms with Gasteiger partial charge >= 0.3 is 0 Å². The van der Waals surface area contributed by atoms with E-state index in [0.717, 1.165) is 34.3 Å². The summed E-state index contributed by atoms with van der Waals surface area (Å²) in [5, 5.41) is 8.75. The highest BCUT2D eigenvalue weighted by Gasteiger charge is 2.17. The highest BCUT2D eigenvalue weighted by atomic mass is 32.1. The number of aromatic nitrogens is 4. The van der Waals surface area contributed by atoms with Crippen molar-refractivity contribution in [3.63, 3.8) is 0 Å². The minimum atomic E-state index is 0.554. The van der Waals surface area contributed by atoms with Crippen molar-refractivity contribution >= 4 is 21.4 Å². The Morgan fingerprint density at radius 3 is 2.38 bits per heavy atom. The second-order valence-electron chi connectivity index (χ2n) is 6.21. The van der Waals surface area contributed by atoms with Crippen LogP contribution in [-0.4, -0.2) is 47.5 Å². The summed E-state index contributed by atoms with van der Waals surface area (Å²) in [6.45, 7) is 0.792. The highest BCUT2D eigenvalue weighted by Crippen LogP contribution is 2.41. The van der Waals surface area contributed by atoms with E-state index in [2.05, 4.69) is 15.4 Å². The number of fused-ring (bicyclic) bond motifs is 1. The number of hydrogen-bond donors (Lipinski definition) is 1. The molecule has 1 N–H and O–H groups in total. The number of pyridine rings is 1. The molecule has 0 radical (unpaired) electrons. The molecular formula is C20H21N5O3S. The van der Waals surface area contributed by atoms with Gasteiger partial charge in [0.25, 0.3) is 0 Å². The minimum Gasteiger partial charge on any atom is -0.493 e. The van der Waals surface area contributed by atoms with Crippen molar-refractivity contribution in [1.82, 2.24) is 19.6 Å². The maximum Gasteiger partial charge on any atom is 0.214 e. The van der Waals surface area contributed by atoms with Crippen LogP contribution in [0.5, 0.6) is 17.2 Å². The van der Waals surface area contributed by atoms with E-state index in [4.69, 9.17) is 19.2 Å². The Kier molecular flexibility index (Phi) is 5.48. The normalized spacial score (nSPS) is 10.9. The number of methoxy groups -OCH3 is 3. The van der Waals surface area contributed by atoms with Crippen LogP contribution in [0, 0.1) is 0 Å². The van der Waals surface area contributed by atoms with Gasteiger partial charge in [-0.15, -0.1) is 5.10 Å². The molecular weight excluding hydrogens is 390 g/mol. The Hall–Kier alpha value is -3.33. The van der Waals surface area contributed by atoms with Crippen LogP contribution in [0.3, 0.4) is 0 Å². The van der Waals surface area contributed by atoms with E-state index in [1.165, 1.54) is 16.9 Å². The number of rotatable bonds is 8. The van der Waals surface area contributed by atoms with E-state index >= 15 is 0 Å². The fraction of sp³-hybridized carbons (Fsp3) is 0.250. The Morgan fingerprint density at radius 2 is 1.76 bits per heavy atom. The summed E-state index contributed by atoms with van der Waals surface area (Å²) >= 11 is 1.51. The van der Waals surface area contributed by atoms with Crippen molar-refractivity contribution in [2.24, 2.45) is 0 Å². The molecule has 0 aliphatic rings. The predicted octanol–water partition coefficient (Wildman–Crippen LogP) is 3.53. The largest absolute Gasteiger partial charge is 0.493 e. The van der Waals surface area contributed by atoms with Gasteiger partial charge in [-0.1, -0.05) is 11.3 Å². The first-order chi connectivity index (χ1) is 14.2. The van der Waals surface area contributed by atoms with Crippen LogP contribution in [0.4, 0.5) is 5.13 Å². The smallest absolute Gasteiger partial charge is 0.214 e. The third kappa shape index (κ3) is 3.95. The van der Waals surface area contributed by atoms with Crippen LogP contribution in [0.25, 0.3) is 16.2 Å². The fourth-order valence-electron chi connectivity index (χ4n) is 3.00. The quantitative estimate of drug-likeness (QED) is 0.475. The molecule has 29 heavy (non-hydrogen) atoms. The van der Waals surface area contributed by atoms with E-state index in [-0.39, 0.29) is 0 Å². The number of anilines is 1. The average molecular weight is 411 g/mol. The molecule has 4 aromatic rings. The maximum absolute atomic E-state index is 5.43. The zero-order chi connectivity index (χ0) is 20.2. The minimum absolute atomic E-state index is 0.554. The standard InChI is InChI=1S/C20H21N5O3S/c1-26-16-10-14(11-17(27-2)18(16)28-3)15-12-25-20(23-15)29-19(24-25)22-9-6-13-4-7-21-8-5-13/h4-5,7-8,10-12H,6,9H2,1-3H3,(H,22,24). The molecule has 0 bridgehead atoms. The van der Waals surface area contributed by atoms with Crippen LogP contribution < -0.4 is 19.5 Å². The maximum atomic E-state index is 5.43. The lowest BCUT2D eigenvalue weighted by Gasteiger charge is -2.13. The van der Waals surface area contributed by atoms with Crippen molar-refractivity contribution in [1.29, 1.82) is 0 Å². The molecule has 0 saturated heterocycles. The average Bonchev–Trinajstić information content (AvgIpc) is 3.32. The lowest BCUT2D eigenvalue weighted by Crippen LogP contribution is -2.04. The summed E-state index contributed by atoms with van der Waals surface area (Å²) in [4.78, 5) is 9.53. The molecule has 0 unspecified atom stereocenters. The summed E-state index contributed by atoms with van der Waals surface area (Å²) in [5.41, 5.74) is 2.88. The van der Waals surface area contributed by atoms with Gasteiger partial charge in [-0.2, -0.15) is 0 Å². The summed E-state index contributed by atoms with van der Waals surface area (Å²) in [6, 6.07) is 7.78. The Bertz CT molecular complexity index is 1050. The molecule has 0 spiro atoms. The molecule has 0 atom stereocenters. The number of nitrogens with zero attached hydrogens (tertiary/aromatic N) is 4. The van der Waals surface area contributed by atoms with Gasteiger partial charge in [0.15, 0.2) is 11.5 Å². The van der Waals surface area contributed by atoms with Crippen molar-refractivity contribution in [2.45, 2.75) is 6.42 Å². The van der Waals surface area contributed by atoms with Gasteiger partial charge in [0.05, 0.1) is 33.2 Å². The summed E-state index contributed by atoms with van der Waals surface area (Å²) < 4.78 is 18.0. The zero-order valence-electron chi connectivity index (χ0n) is 16.4. The van der Waals surface area contributed by atoms with Gasteiger partial charge in [-0.25, -0.2) is 9.50 Å². The van der Waals surface area contributed by atoms with Gasteiger partial charge in [0.2, 0.25) is 15.8 Å². The lowest BCUT2D eigenvalue weighted by atomic mass is 10.1. The number of nitrogens with one attached hydrogen (secondary N) is 1. The second kappa shape index (κ2) is 8.36. The zero-order valence-corrected chi connectivity index (χ0v) is 17.2. The van der Waals surface area contributed by atoms with Crippen LogP contribution in [0.1, 0.15) is 5.56 Å². The SMILES string of the molecule is COc1cc(-c2cn3nc(NCCc4ccncc4)sc3n2)cc(OC)c1OC. The highest BCUT2D eigenvalue weighted by molar-refractivity contribution is 7.20. The van der Waals surface area contributed by atoms with Crippen LogP contribution >= 0.6 is 11.3 Å². The van der Waals surface area contributed by atoms with Crippen LogP contribution in [0.2, 0.25) is 0 Å². The number of benzene rings is 1. The molecule has 3 heterocycles. The third-order valence-corrected chi connectivity index (χ3v) is 5.32. The van der Waals surface area contributed by atoms with Gasteiger partial charge in [-0.05, 0) is 36.2 Å². The van der Waals surface area contributed by atoms with Crippen molar-refractivity contribution in [3.8, 4) is 28.5 Å². The molecule has 0 saturated carbocycles. The van der Waals surface area contributed by atoms with Crippen LogP contribution in [-0.2, 0) is 6.42 Å². The van der Waals surface area contributed by atoms with E-state index in [1.54, 1.807) is 38.2 Å². The van der Waals surface area contributed by atoms with Crippen molar-refractivity contribution < 1.29 is 14.2 Å². The molecule has 4 rings (SSSR count). The molecule has 0 amide bonds. The monoisotopic (exact) mass is 411 g/mol. The van der Waals surface area contributed by atoms with Gasteiger partial charge in [0, 0.05) is 24.5 Å². The first-order valence-electron chi connectivity index (χ1n) is 9.01. The summed E-state index contributed by atoms with van der Waals surface area (Å²) in [6.07, 6.45) is 6.40. The van der Waals surface area contributed by atoms with E-state index < -0.39 is 0 Å². The molecule has 3 aromatic heterocycles. The third-order valence-electron chi connectivity index (χ3n) is 4.44. The molecule has 0 fully saturated rings. The lowest BCUT2D eigenvalue weighted by molar-refractivity contribution is 0.324. The molecule has 1 aromatic carbocycles. The number of ether oxygens (including phenoxy) is 3.